The van der Waals surface area contributed by atoms with E-state index in [1.165, 1.54) is 52.1 Å². The van der Waals surface area contributed by atoms with Gasteiger partial charge in [0.05, 0.1) is 0 Å². The molecule has 2 fully saturated rings. The lowest BCUT2D eigenvalue weighted by Gasteiger charge is -2.40. The van der Waals surface area contributed by atoms with Gasteiger partial charge in [0.1, 0.15) is 0 Å². The zero-order valence-corrected chi connectivity index (χ0v) is 11.8. The Morgan fingerprint density at radius 3 is 2.71 bits per heavy atom. The number of nitrogens with zero attached hydrogens (tertiary/aromatic N) is 2. The number of hydrogen-bond donors (Lipinski definition) is 1. The van der Waals surface area contributed by atoms with E-state index < -0.39 is 0 Å². The number of rotatable bonds is 4. The standard InChI is InChI=1S/C14H29N3/c1-4-14-8-15-12(3)9-17(14)11-13-6-7-16(5-2)10-13/h12-15H,4-11H2,1-3H3. The van der Waals surface area contributed by atoms with E-state index >= 15 is 0 Å². The first kappa shape index (κ1) is 13.3. The number of nitrogens with one attached hydrogen (secondary N) is 1. The second kappa shape index (κ2) is 6.17. The quantitative estimate of drug-likeness (QED) is 0.800. The fourth-order valence-electron chi connectivity index (χ4n) is 3.34. The molecule has 100 valence electrons. The Morgan fingerprint density at radius 2 is 2.06 bits per heavy atom. The van der Waals surface area contributed by atoms with E-state index in [4.69, 9.17) is 0 Å². The molecule has 3 unspecified atom stereocenters. The molecule has 3 heteroatoms. The lowest BCUT2D eigenvalue weighted by atomic mass is 10.0. The van der Waals surface area contributed by atoms with Gasteiger partial charge in [0, 0.05) is 38.3 Å². The van der Waals surface area contributed by atoms with Crippen LogP contribution in [0.25, 0.3) is 0 Å². The molecule has 0 aliphatic carbocycles. The summed E-state index contributed by atoms with van der Waals surface area (Å²) >= 11 is 0. The number of likely N-dealkylation sites (tertiary alicyclic amines) is 1. The molecule has 2 rings (SSSR count). The van der Waals surface area contributed by atoms with Gasteiger partial charge in [-0.25, -0.2) is 0 Å². The lowest BCUT2D eigenvalue weighted by molar-refractivity contribution is 0.112. The molecule has 1 N–H and O–H groups in total. The van der Waals surface area contributed by atoms with Gasteiger partial charge in [0.25, 0.3) is 0 Å². The second-order valence-corrected chi connectivity index (χ2v) is 5.87. The number of piperazine rings is 1. The van der Waals surface area contributed by atoms with Gasteiger partial charge in [-0.1, -0.05) is 13.8 Å². The topological polar surface area (TPSA) is 18.5 Å². The Bertz CT molecular complexity index is 232. The van der Waals surface area contributed by atoms with Crippen LogP contribution in [0.3, 0.4) is 0 Å². The maximum Gasteiger partial charge on any atom is 0.0218 e. The van der Waals surface area contributed by atoms with E-state index in [9.17, 15) is 0 Å². The minimum Gasteiger partial charge on any atom is -0.311 e. The van der Waals surface area contributed by atoms with Crippen LogP contribution >= 0.6 is 0 Å². The van der Waals surface area contributed by atoms with Crippen LogP contribution in [0.4, 0.5) is 0 Å². The van der Waals surface area contributed by atoms with E-state index in [2.05, 4.69) is 35.9 Å². The summed E-state index contributed by atoms with van der Waals surface area (Å²) in [6.07, 6.45) is 2.69. The molecule has 2 heterocycles. The molecule has 3 atom stereocenters. The van der Waals surface area contributed by atoms with Gasteiger partial charge in [-0.05, 0) is 38.8 Å². The Hall–Kier alpha value is -0.120. The summed E-state index contributed by atoms with van der Waals surface area (Å²) in [7, 11) is 0. The fraction of sp³-hybridized carbons (Fsp3) is 1.00. The Labute approximate surface area is 107 Å². The van der Waals surface area contributed by atoms with Crippen molar-refractivity contribution in [3.63, 3.8) is 0 Å². The van der Waals surface area contributed by atoms with E-state index in [1.54, 1.807) is 0 Å². The van der Waals surface area contributed by atoms with Crippen molar-refractivity contribution in [1.29, 1.82) is 0 Å². The van der Waals surface area contributed by atoms with Gasteiger partial charge in [-0.15, -0.1) is 0 Å². The van der Waals surface area contributed by atoms with Gasteiger partial charge >= 0.3 is 0 Å². The first-order valence-electron chi connectivity index (χ1n) is 7.42. The third kappa shape index (κ3) is 3.43. The average molecular weight is 239 g/mol. The predicted molar refractivity (Wildman–Crippen MR) is 73.3 cm³/mol. The normalized spacial score (nSPS) is 36.5. The van der Waals surface area contributed by atoms with Crippen LogP contribution in [0, 0.1) is 5.92 Å². The molecule has 2 aliphatic heterocycles. The molecule has 2 saturated heterocycles. The molecule has 0 amide bonds. The highest BCUT2D eigenvalue weighted by Gasteiger charge is 2.29. The van der Waals surface area contributed by atoms with Gasteiger partial charge in [-0.2, -0.15) is 0 Å². The SMILES string of the molecule is CCC1CNC(C)CN1CC1CCN(CC)C1. The van der Waals surface area contributed by atoms with E-state index in [0.29, 0.717) is 6.04 Å². The predicted octanol–water partition coefficient (Wildman–Crippen LogP) is 1.40. The van der Waals surface area contributed by atoms with Crippen LogP contribution in [0.2, 0.25) is 0 Å². The van der Waals surface area contributed by atoms with Gasteiger partial charge in [-0.3, -0.25) is 4.90 Å². The number of hydrogen-bond acceptors (Lipinski definition) is 3. The summed E-state index contributed by atoms with van der Waals surface area (Å²) in [6.45, 7) is 14.5. The third-order valence-electron chi connectivity index (χ3n) is 4.51. The molecule has 3 nitrogen and oxygen atoms in total. The van der Waals surface area contributed by atoms with E-state index in [1.807, 2.05) is 0 Å². The van der Waals surface area contributed by atoms with Crippen molar-refractivity contribution in [2.45, 2.75) is 45.7 Å². The van der Waals surface area contributed by atoms with Crippen molar-refractivity contribution in [2.24, 2.45) is 5.92 Å². The molecular weight excluding hydrogens is 210 g/mol. The van der Waals surface area contributed by atoms with Crippen molar-refractivity contribution in [1.82, 2.24) is 15.1 Å². The molecule has 17 heavy (non-hydrogen) atoms. The minimum atomic E-state index is 0.668. The Kier molecular flexibility index (Phi) is 4.83. The third-order valence-corrected chi connectivity index (χ3v) is 4.51. The summed E-state index contributed by atoms with van der Waals surface area (Å²) in [4.78, 5) is 5.34. The smallest absolute Gasteiger partial charge is 0.0218 e. The molecule has 2 aliphatic rings. The van der Waals surface area contributed by atoms with Crippen molar-refractivity contribution in [3.05, 3.63) is 0 Å². The summed E-state index contributed by atoms with van der Waals surface area (Å²) in [6, 6.07) is 1.43. The van der Waals surface area contributed by atoms with Crippen LogP contribution in [0.5, 0.6) is 0 Å². The molecule has 0 bridgehead atoms. The van der Waals surface area contributed by atoms with Gasteiger partial charge in [0.2, 0.25) is 0 Å². The summed E-state index contributed by atoms with van der Waals surface area (Å²) in [5.74, 6) is 0.911. The van der Waals surface area contributed by atoms with Gasteiger partial charge in [0.15, 0.2) is 0 Å². The monoisotopic (exact) mass is 239 g/mol. The second-order valence-electron chi connectivity index (χ2n) is 5.87. The lowest BCUT2D eigenvalue weighted by Crippen LogP contribution is -2.56. The zero-order valence-electron chi connectivity index (χ0n) is 11.8. The van der Waals surface area contributed by atoms with Crippen molar-refractivity contribution >= 4 is 0 Å². The zero-order chi connectivity index (χ0) is 12.3. The van der Waals surface area contributed by atoms with Crippen molar-refractivity contribution in [2.75, 3.05) is 39.3 Å². The van der Waals surface area contributed by atoms with Crippen LogP contribution in [0.1, 0.15) is 33.6 Å². The van der Waals surface area contributed by atoms with Gasteiger partial charge < -0.3 is 10.2 Å². The maximum atomic E-state index is 3.61. The maximum absolute atomic E-state index is 3.61. The highest BCUT2D eigenvalue weighted by atomic mass is 15.2. The Balaban J connectivity index is 1.83. The molecule has 0 spiro atoms. The largest absolute Gasteiger partial charge is 0.311 e. The van der Waals surface area contributed by atoms with E-state index in [-0.39, 0.29) is 0 Å². The molecule has 0 aromatic carbocycles. The highest BCUT2D eigenvalue weighted by Crippen LogP contribution is 2.20. The van der Waals surface area contributed by atoms with Crippen molar-refractivity contribution in [3.8, 4) is 0 Å². The molecule has 0 saturated carbocycles. The van der Waals surface area contributed by atoms with Crippen molar-refractivity contribution < 1.29 is 0 Å². The minimum absolute atomic E-state index is 0.668. The van der Waals surface area contributed by atoms with Crippen LogP contribution in [0.15, 0.2) is 0 Å². The van der Waals surface area contributed by atoms with Crippen LogP contribution in [-0.2, 0) is 0 Å². The average Bonchev–Trinajstić information content (AvgIpc) is 2.77. The molecule has 0 aromatic rings. The van der Waals surface area contributed by atoms with E-state index in [0.717, 1.165) is 12.0 Å². The van der Waals surface area contributed by atoms with Crippen LogP contribution in [-0.4, -0.2) is 61.2 Å². The summed E-state index contributed by atoms with van der Waals surface area (Å²) in [5.41, 5.74) is 0. The Morgan fingerprint density at radius 1 is 1.24 bits per heavy atom. The molecule has 0 radical (unpaired) electrons. The van der Waals surface area contributed by atoms with Crippen LogP contribution < -0.4 is 5.32 Å². The highest BCUT2D eigenvalue weighted by molar-refractivity contribution is 4.86. The summed E-state index contributed by atoms with van der Waals surface area (Å²) in [5, 5.41) is 3.61. The first-order chi connectivity index (χ1) is 8.22. The molecule has 0 aromatic heterocycles. The fourth-order valence-corrected chi connectivity index (χ4v) is 3.34. The molecular formula is C14H29N3. The summed E-state index contributed by atoms with van der Waals surface area (Å²) < 4.78 is 0. The first-order valence-corrected chi connectivity index (χ1v) is 7.42.